The van der Waals surface area contributed by atoms with E-state index in [0.29, 0.717) is 19.8 Å². The van der Waals surface area contributed by atoms with Crippen molar-refractivity contribution in [2.75, 3.05) is 26.3 Å². The number of urea groups is 1. The van der Waals surface area contributed by atoms with Crippen molar-refractivity contribution in [1.29, 1.82) is 0 Å². The van der Waals surface area contributed by atoms with Crippen molar-refractivity contribution in [1.82, 2.24) is 20.0 Å². The van der Waals surface area contributed by atoms with E-state index in [1.54, 1.807) is 4.68 Å². The van der Waals surface area contributed by atoms with Gasteiger partial charge in [-0.05, 0) is 25.7 Å². The molecule has 2 aliphatic heterocycles. The number of ether oxygens (including phenoxy) is 2. The molecule has 3 rings (SSSR count). The Kier molecular flexibility index (Phi) is 5.10. The maximum Gasteiger partial charge on any atom is 0.317 e. The van der Waals surface area contributed by atoms with Gasteiger partial charge in [-0.15, -0.1) is 0 Å². The van der Waals surface area contributed by atoms with Crippen LogP contribution in [0.15, 0.2) is 12.4 Å². The Bertz CT molecular complexity index is 568. The van der Waals surface area contributed by atoms with Crippen LogP contribution in [0.4, 0.5) is 4.79 Å². The number of aryl methyl sites for hydroxylation is 1. The fourth-order valence-corrected chi connectivity index (χ4v) is 3.71. The van der Waals surface area contributed by atoms with Gasteiger partial charge >= 0.3 is 6.03 Å². The summed E-state index contributed by atoms with van der Waals surface area (Å²) < 4.78 is 13.1. The molecule has 0 unspecified atom stereocenters. The summed E-state index contributed by atoms with van der Waals surface area (Å²) in [7, 11) is 1.90. The first-order valence-corrected chi connectivity index (χ1v) is 8.78. The molecule has 3 heterocycles. The zero-order chi connectivity index (χ0) is 17.2. The van der Waals surface area contributed by atoms with E-state index < -0.39 is 5.79 Å². The summed E-state index contributed by atoms with van der Waals surface area (Å²) in [4.78, 5) is 14.5. The van der Waals surface area contributed by atoms with E-state index in [-0.39, 0.29) is 18.0 Å². The van der Waals surface area contributed by atoms with Gasteiger partial charge in [0, 0.05) is 38.3 Å². The van der Waals surface area contributed by atoms with Crippen LogP contribution in [-0.4, -0.2) is 52.8 Å². The highest BCUT2D eigenvalue weighted by Crippen LogP contribution is 2.31. The number of hydrogen-bond acceptors (Lipinski definition) is 4. The molecular formula is C17H28N4O3. The first-order valence-electron chi connectivity index (χ1n) is 8.78. The number of amides is 2. The maximum absolute atomic E-state index is 12.6. The molecule has 0 spiro atoms. The molecule has 7 heteroatoms. The van der Waals surface area contributed by atoms with Crippen LogP contribution in [-0.2, 0) is 16.5 Å². The molecule has 0 aromatic carbocycles. The van der Waals surface area contributed by atoms with Gasteiger partial charge in [0.05, 0.1) is 25.5 Å². The lowest BCUT2D eigenvalue weighted by Crippen LogP contribution is -2.42. The quantitative estimate of drug-likeness (QED) is 0.893. The number of carbonyl (C=O) groups excluding carboxylic acids is 1. The highest BCUT2D eigenvalue weighted by atomic mass is 16.7. The number of nitrogens with zero attached hydrogens (tertiary/aromatic N) is 3. The molecule has 2 fully saturated rings. The van der Waals surface area contributed by atoms with Gasteiger partial charge in [-0.1, -0.05) is 6.92 Å². The SMILES string of the molecule is C[C@H](CNC(=O)N1CCC[C@H]1c1cnn(C)c1)CC1(C)OCCO1. The second kappa shape index (κ2) is 7.11. The standard InChI is InChI=1S/C17H28N4O3/c1-13(9-17(2)23-7-8-24-17)10-18-16(22)21-6-4-5-15(21)14-11-19-20(3)12-14/h11-13,15H,4-10H2,1-3H3,(H,18,22)/t13-,15-/m0/s1. The Morgan fingerprint density at radius 3 is 2.92 bits per heavy atom. The molecule has 2 atom stereocenters. The van der Waals surface area contributed by atoms with E-state index in [2.05, 4.69) is 17.3 Å². The minimum Gasteiger partial charge on any atom is -0.348 e. The van der Waals surface area contributed by atoms with Gasteiger partial charge in [-0.25, -0.2) is 4.79 Å². The van der Waals surface area contributed by atoms with Gasteiger partial charge in [0.25, 0.3) is 0 Å². The zero-order valence-corrected chi connectivity index (χ0v) is 14.8. The lowest BCUT2D eigenvalue weighted by Gasteiger charge is -2.28. The normalized spacial score (nSPS) is 24.3. The van der Waals surface area contributed by atoms with Crippen LogP contribution in [0.1, 0.15) is 44.7 Å². The summed E-state index contributed by atoms with van der Waals surface area (Å²) >= 11 is 0. The number of hydrogen-bond donors (Lipinski definition) is 1. The third-order valence-corrected chi connectivity index (χ3v) is 4.84. The topological polar surface area (TPSA) is 68.6 Å². The van der Waals surface area contributed by atoms with E-state index in [1.807, 2.05) is 31.3 Å². The average molecular weight is 336 g/mol. The van der Waals surface area contributed by atoms with Crippen molar-refractivity contribution in [2.24, 2.45) is 13.0 Å². The molecule has 7 nitrogen and oxygen atoms in total. The van der Waals surface area contributed by atoms with Crippen molar-refractivity contribution in [3.8, 4) is 0 Å². The summed E-state index contributed by atoms with van der Waals surface area (Å²) in [5.74, 6) is -0.216. The summed E-state index contributed by atoms with van der Waals surface area (Å²) in [6.45, 7) is 6.80. The summed E-state index contributed by atoms with van der Waals surface area (Å²) in [5, 5.41) is 7.30. The fraction of sp³-hybridized carbons (Fsp3) is 0.765. The fourth-order valence-electron chi connectivity index (χ4n) is 3.71. The monoisotopic (exact) mass is 336 g/mol. The van der Waals surface area contributed by atoms with Crippen molar-refractivity contribution >= 4 is 6.03 Å². The predicted molar refractivity (Wildman–Crippen MR) is 89.4 cm³/mol. The van der Waals surface area contributed by atoms with Crippen LogP contribution in [0.3, 0.4) is 0 Å². The Balaban J connectivity index is 1.50. The third-order valence-electron chi connectivity index (χ3n) is 4.84. The van der Waals surface area contributed by atoms with E-state index in [4.69, 9.17) is 9.47 Å². The largest absolute Gasteiger partial charge is 0.348 e. The minimum atomic E-state index is -0.504. The number of rotatable bonds is 5. The Morgan fingerprint density at radius 2 is 2.25 bits per heavy atom. The molecule has 2 amide bonds. The molecule has 1 aromatic heterocycles. The average Bonchev–Trinajstić information content (AvgIpc) is 3.25. The number of aromatic nitrogens is 2. The molecule has 2 saturated heterocycles. The van der Waals surface area contributed by atoms with Gasteiger partial charge in [-0.3, -0.25) is 4.68 Å². The maximum atomic E-state index is 12.6. The van der Waals surface area contributed by atoms with Crippen LogP contribution >= 0.6 is 0 Å². The Labute approximate surface area is 143 Å². The molecular weight excluding hydrogens is 308 g/mol. The molecule has 1 aromatic rings. The van der Waals surface area contributed by atoms with Gasteiger partial charge < -0.3 is 19.7 Å². The molecule has 0 saturated carbocycles. The molecule has 134 valence electrons. The van der Waals surface area contributed by atoms with E-state index in [9.17, 15) is 4.79 Å². The first-order chi connectivity index (χ1) is 11.5. The van der Waals surface area contributed by atoms with Crippen LogP contribution < -0.4 is 5.32 Å². The van der Waals surface area contributed by atoms with E-state index >= 15 is 0 Å². The minimum absolute atomic E-state index is 0.00612. The van der Waals surface area contributed by atoms with Crippen LogP contribution in [0.2, 0.25) is 0 Å². The van der Waals surface area contributed by atoms with Gasteiger partial charge in [0.1, 0.15) is 0 Å². The first kappa shape index (κ1) is 17.2. The number of likely N-dealkylation sites (tertiary alicyclic amines) is 1. The molecule has 0 aliphatic carbocycles. The molecule has 1 N–H and O–H groups in total. The molecule has 2 aliphatic rings. The second-order valence-corrected chi connectivity index (χ2v) is 7.12. The molecule has 24 heavy (non-hydrogen) atoms. The highest BCUT2D eigenvalue weighted by molar-refractivity contribution is 5.75. The second-order valence-electron chi connectivity index (χ2n) is 7.12. The summed E-state index contributed by atoms with van der Waals surface area (Å²) in [5.41, 5.74) is 1.11. The molecule has 0 bridgehead atoms. The Hall–Kier alpha value is -1.60. The van der Waals surface area contributed by atoms with E-state index in [1.165, 1.54) is 0 Å². The van der Waals surface area contributed by atoms with Crippen molar-refractivity contribution < 1.29 is 14.3 Å². The Morgan fingerprint density at radius 1 is 1.50 bits per heavy atom. The zero-order valence-electron chi connectivity index (χ0n) is 14.8. The van der Waals surface area contributed by atoms with E-state index in [0.717, 1.165) is 31.4 Å². The van der Waals surface area contributed by atoms with Crippen LogP contribution in [0.25, 0.3) is 0 Å². The van der Waals surface area contributed by atoms with Gasteiger partial charge in [0.2, 0.25) is 0 Å². The number of carbonyl (C=O) groups is 1. The van der Waals surface area contributed by atoms with Gasteiger partial charge in [0.15, 0.2) is 5.79 Å². The van der Waals surface area contributed by atoms with Crippen LogP contribution in [0.5, 0.6) is 0 Å². The summed E-state index contributed by atoms with van der Waals surface area (Å²) in [6, 6.07) is 0.139. The lowest BCUT2D eigenvalue weighted by atomic mass is 10.0. The smallest absolute Gasteiger partial charge is 0.317 e. The highest BCUT2D eigenvalue weighted by Gasteiger charge is 2.34. The van der Waals surface area contributed by atoms with Crippen molar-refractivity contribution in [3.63, 3.8) is 0 Å². The number of nitrogens with one attached hydrogen (secondary N) is 1. The molecule has 0 radical (unpaired) electrons. The van der Waals surface area contributed by atoms with Crippen molar-refractivity contribution in [2.45, 2.75) is 44.9 Å². The van der Waals surface area contributed by atoms with Crippen LogP contribution in [0, 0.1) is 5.92 Å². The van der Waals surface area contributed by atoms with Gasteiger partial charge in [-0.2, -0.15) is 5.10 Å². The third kappa shape index (κ3) is 3.89. The predicted octanol–water partition coefficient (Wildman–Crippen LogP) is 2.06. The summed E-state index contributed by atoms with van der Waals surface area (Å²) in [6.07, 6.45) is 6.65. The lowest BCUT2D eigenvalue weighted by molar-refractivity contribution is -0.153. The van der Waals surface area contributed by atoms with Crippen molar-refractivity contribution in [3.05, 3.63) is 18.0 Å².